The van der Waals surface area contributed by atoms with Crippen molar-refractivity contribution in [3.8, 4) is 0 Å². The number of rotatable bonds is 2. The van der Waals surface area contributed by atoms with Crippen LogP contribution in [0.4, 0.5) is 0 Å². The molecule has 1 fully saturated rings. The Morgan fingerprint density at radius 3 is 2.21 bits per heavy atom. The average Bonchev–Trinajstić information content (AvgIpc) is 2.31. The van der Waals surface area contributed by atoms with E-state index in [0.29, 0.717) is 0 Å². The van der Waals surface area contributed by atoms with E-state index in [4.69, 9.17) is 20.4 Å². The van der Waals surface area contributed by atoms with Gasteiger partial charge >= 0.3 is 11.9 Å². The van der Waals surface area contributed by atoms with Gasteiger partial charge in [0.2, 0.25) is 0 Å². The van der Waals surface area contributed by atoms with Gasteiger partial charge in [-0.3, -0.25) is 0 Å². The van der Waals surface area contributed by atoms with Crippen LogP contribution >= 0.6 is 0 Å². The highest BCUT2D eigenvalue weighted by Gasteiger charge is 2.48. The molecule has 8 nitrogen and oxygen atoms in total. The molecule has 0 radical (unpaired) electrons. The second kappa shape index (κ2) is 4.33. The second-order valence-corrected chi connectivity index (χ2v) is 2.62. The van der Waals surface area contributed by atoms with Crippen molar-refractivity contribution >= 4 is 11.9 Å². The van der Waals surface area contributed by atoms with Gasteiger partial charge in [0.1, 0.15) is 6.10 Å². The maximum Gasteiger partial charge on any atom is 0.338 e. The number of aliphatic hydroxyl groups excluding tert-OH is 3. The van der Waals surface area contributed by atoms with Crippen LogP contribution in [0.5, 0.6) is 0 Å². The van der Waals surface area contributed by atoms with Gasteiger partial charge in [-0.25, -0.2) is 9.59 Å². The lowest BCUT2D eigenvalue weighted by Gasteiger charge is -2.15. The second-order valence-electron chi connectivity index (χ2n) is 2.62. The van der Waals surface area contributed by atoms with Gasteiger partial charge in [-0.15, -0.1) is 0 Å². The molecule has 1 unspecified atom stereocenters. The van der Waals surface area contributed by atoms with Gasteiger partial charge in [-0.2, -0.15) is 0 Å². The Labute approximate surface area is 77.7 Å². The minimum absolute atomic E-state index is 0. The molecule has 0 saturated carbocycles. The predicted octanol–water partition coefficient (Wildman–Crippen LogP) is -3.75. The number of carboxylic acids is 1. The van der Waals surface area contributed by atoms with Crippen LogP contribution in [0.25, 0.3) is 0 Å². The fraction of sp³-hybridized carbons (Fsp3) is 0.667. The van der Waals surface area contributed by atoms with E-state index in [1.54, 1.807) is 0 Å². The fourth-order valence-corrected chi connectivity index (χ4v) is 0.984. The van der Waals surface area contributed by atoms with E-state index >= 15 is 0 Å². The van der Waals surface area contributed by atoms with Crippen LogP contribution in [0.15, 0.2) is 0 Å². The first-order chi connectivity index (χ1) is 5.95. The van der Waals surface area contributed by atoms with Crippen molar-refractivity contribution in [2.75, 3.05) is 0 Å². The maximum atomic E-state index is 10.6. The third kappa shape index (κ3) is 1.99. The minimum atomic E-state index is -2.03. The van der Waals surface area contributed by atoms with E-state index in [2.05, 4.69) is 4.74 Å². The Morgan fingerprint density at radius 1 is 1.43 bits per heavy atom. The highest BCUT2D eigenvalue weighted by atomic mass is 16.6. The molecule has 0 spiro atoms. The Kier molecular flexibility index (Phi) is 3.95. The lowest BCUT2D eigenvalue weighted by Crippen LogP contribution is -2.42. The SMILES string of the molecule is O.O=C(O)[C@@H](O)C1OC(=O)[C@H](O)[C@H]1O. The molecule has 14 heavy (non-hydrogen) atoms. The summed E-state index contributed by atoms with van der Waals surface area (Å²) in [7, 11) is 0. The third-order valence-corrected chi connectivity index (χ3v) is 1.72. The number of cyclic esters (lactones) is 1. The fourth-order valence-electron chi connectivity index (χ4n) is 0.984. The zero-order valence-corrected chi connectivity index (χ0v) is 6.82. The maximum absolute atomic E-state index is 10.6. The van der Waals surface area contributed by atoms with E-state index in [0.717, 1.165) is 0 Å². The zero-order chi connectivity index (χ0) is 10.2. The molecular weight excluding hydrogens is 200 g/mol. The van der Waals surface area contributed by atoms with Gasteiger partial charge in [0.15, 0.2) is 18.3 Å². The zero-order valence-electron chi connectivity index (χ0n) is 6.82. The summed E-state index contributed by atoms with van der Waals surface area (Å²) in [4.78, 5) is 20.8. The molecule has 1 heterocycles. The van der Waals surface area contributed by atoms with Crippen LogP contribution in [-0.4, -0.2) is 62.3 Å². The van der Waals surface area contributed by atoms with E-state index < -0.39 is 36.4 Å². The predicted molar refractivity (Wildman–Crippen MR) is 39.2 cm³/mol. The summed E-state index contributed by atoms with van der Waals surface area (Å²) in [6.45, 7) is 0. The first kappa shape index (κ1) is 12.8. The third-order valence-electron chi connectivity index (χ3n) is 1.72. The molecule has 0 amide bonds. The minimum Gasteiger partial charge on any atom is -0.479 e. The lowest BCUT2D eigenvalue weighted by atomic mass is 10.1. The van der Waals surface area contributed by atoms with Crippen molar-refractivity contribution < 1.29 is 40.2 Å². The van der Waals surface area contributed by atoms with E-state index in [-0.39, 0.29) is 5.48 Å². The molecule has 1 aliphatic heterocycles. The summed E-state index contributed by atoms with van der Waals surface area (Å²) in [6, 6.07) is 0. The van der Waals surface area contributed by atoms with Crippen molar-refractivity contribution in [2.24, 2.45) is 0 Å². The summed E-state index contributed by atoms with van der Waals surface area (Å²) in [6.07, 6.45) is -7.14. The Bertz CT molecular complexity index is 238. The van der Waals surface area contributed by atoms with Crippen LogP contribution in [0.2, 0.25) is 0 Å². The number of hydrogen-bond acceptors (Lipinski definition) is 6. The van der Waals surface area contributed by atoms with E-state index in [9.17, 15) is 9.59 Å². The number of carbonyl (C=O) groups is 2. The van der Waals surface area contributed by atoms with E-state index in [1.165, 1.54) is 0 Å². The lowest BCUT2D eigenvalue weighted by molar-refractivity contribution is -0.161. The molecule has 1 aliphatic rings. The molecule has 8 heteroatoms. The summed E-state index contributed by atoms with van der Waals surface area (Å²) in [5.74, 6) is -2.77. The van der Waals surface area contributed by atoms with Gasteiger partial charge in [0, 0.05) is 0 Å². The van der Waals surface area contributed by atoms with Gasteiger partial charge in [-0.1, -0.05) is 0 Å². The molecule has 0 aromatic heterocycles. The summed E-state index contributed by atoms with van der Waals surface area (Å²) in [5.41, 5.74) is 0. The number of esters is 1. The monoisotopic (exact) mass is 210 g/mol. The van der Waals surface area contributed by atoms with Crippen LogP contribution in [-0.2, 0) is 14.3 Å². The quantitative estimate of drug-likeness (QED) is 0.341. The number of carboxylic acid groups (broad SMARTS) is 1. The largest absolute Gasteiger partial charge is 0.479 e. The first-order valence-electron chi connectivity index (χ1n) is 3.42. The highest BCUT2D eigenvalue weighted by molar-refractivity contribution is 5.80. The summed E-state index contributed by atoms with van der Waals surface area (Å²) in [5, 5.41) is 35.0. The number of aliphatic hydroxyl groups is 3. The average molecular weight is 210 g/mol. The molecule has 0 aliphatic carbocycles. The van der Waals surface area contributed by atoms with Gasteiger partial charge < -0.3 is 30.6 Å². The van der Waals surface area contributed by atoms with Crippen molar-refractivity contribution in [3.05, 3.63) is 0 Å². The number of hydrogen-bond donors (Lipinski definition) is 4. The van der Waals surface area contributed by atoms with Crippen LogP contribution in [0.3, 0.4) is 0 Å². The molecule has 4 atom stereocenters. The molecule has 82 valence electrons. The number of carbonyl (C=O) groups excluding carboxylic acids is 1. The highest BCUT2D eigenvalue weighted by Crippen LogP contribution is 2.18. The van der Waals surface area contributed by atoms with Crippen molar-refractivity contribution in [3.63, 3.8) is 0 Å². The molecule has 6 N–H and O–H groups in total. The normalized spacial score (nSPS) is 33.1. The molecule has 0 aromatic carbocycles. The van der Waals surface area contributed by atoms with Crippen LogP contribution in [0, 0.1) is 0 Å². The number of ether oxygens (including phenoxy) is 1. The molecule has 0 aromatic rings. The molecular formula is C6H10O8. The molecule has 0 bridgehead atoms. The molecule has 1 saturated heterocycles. The van der Waals surface area contributed by atoms with Crippen molar-refractivity contribution in [1.82, 2.24) is 0 Å². The van der Waals surface area contributed by atoms with Crippen molar-refractivity contribution in [2.45, 2.75) is 24.4 Å². The standard InChI is InChI=1S/C6H8O7.H2O/c7-1-2(8)6(12)13-4(1)3(9)5(10)11;/h1-4,7-9H,(H,10,11);1H2/t1-,2-,3+,4?;/m1./s1. The van der Waals surface area contributed by atoms with E-state index in [1.807, 2.05) is 0 Å². The first-order valence-corrected chi connectivity index (χ1v) is 3.42. The Hall–Kier alpha value is -1.22. The van der Waals surface area contributed by atoms with Crippen molar-refractivity contribution in [1.29, 1.82) is 0 Å². The topological polar surface area (TPSA) is 156 Å². The van der Waals surface area contributed by atoms with Gasteiger partial charge in [0.05, 0.1) is 0 Å². The van der Waals surface area contributed by atoms with Gasteiger partial charge in [-0.05, 0) is 0 Å². The Balaban J connectivity index is 0.00000169. The van der Waals surface area contributed by atoms with Crippen LogP contribution in [0.1, 0.15) is 0 Å². The summed E-state index contributed by atoms with van der Waals surface area (Å²) < 4.78 is 4.24. The summed E-state index contributed by atoms with van der Waals surface area (Å²) >= 11 is 0. The Morgan fingerprint density at radius 2 is 1.93 bits per heavy atom. The smallest absolute Gasteiger partial charge is 0.338 e. The van der Waals surface area contributed by atoms with Crippen LogP contribution < -0.4 is 0 Å². The van der Waals surface area contributed by atoms with Gasteiger partial charge in [0.25, 0.3) is 0 Å². The number of aliphatic carboxylic acids is 1. The molecule has 1 rings (SSSR count).